The predicted molar refractivity (Wildman–Crippen MR) is 93.9 cm³/mol. The van der Waals surface area contributed by atoms with Crippen LogP contribution in [0.1, 0.15) is 43.9 Å². The topological polar surface area (TPSA) is 54.0 Å². The highest BCUT2D eigenvalue weighted by Gasteiger charge is 2.39. The minimum atomic E-state index is -0.801. The Balaban J connectivity index is 1.97. The molecule has 1 saturated heterocycles. The highest BCUT2D eigenvalue weighted by Crippen LogP contribution is 2.43. The molecule has 1 unspecified atom stereocenters. The first-order valence-corrected chi connectivity index (χ1v) is 9.06. The zero-order valence-corrected chi connectivity index (χ0v) is 15.6. The Morgan fingerprint density at radius 3 is 2.68 bits per heavy atom. The van der Waals surface area contributed by atoms with Gasteiger partial charge in [0, 0.05) is 31.4 Å². The Hall–Kier alpha value is -1.43. The van der Waals surface area contributed by atoms with Crippen LogP contribution < -0.4 is 4.74 Å². The van der Waals surface area contributed by atoms with E-state index in [2.05, 4.69) is 0 Å². The quantitative estimate of drug-likeness (QED) is 0.791. The van der Waals surface area contributed by atoms with Gasteiger partial charge in [0.05, 0.1) is 25.4 Å². The van der Waals surface area contributed by atoms with Gasteiger partial charge in [-0.1, -0.05) is 19.9 Å². The van der Waals surface area contributed by atoms with E-state index in [1.807, 2.05) is 32.9 Å². The molecule has 0 spiro atoms. The maximum atomic E-state index is 12.3. The van der Waals surface area contributed by atoms with Gasteiger partial charge in [-0.2, -0.15) is 0 Å². The molecule has 2 heterocycles. The van der Waals surface area contributed by atoms with Crippen LogP contribution in [0.4, 0.5) is 0 Å². The lowest BCUT2D eigenvalue weighted by atomic mass is 9.91. The van der Waals surface area contributed by atoms with Gasteiger partial charge >= 0.3 is 0 Å². The first-order valence-electron chi connectivity index (χ1n) is 9.06. The van der Waals surface area contributed by atoms with Gasteiger partial charge in [0.2, 0.25) is 0 Å². The van der Waals surface area contributed by atoms with Gasteiger partial charge in [-0.15, -0.1) is 0 Å². The Labute approximate surface area is 149 Å². The van der Waals surface area contributed by atoms with Gasteiger partial charge in [0.25, 0.3) is 0 Å². The lowest BCUT2D eigenvalue weighted by Crippen LogP contribution is -2.35. The van der Waals surface area contributed by atoms with E-state index in [1.165, 1.54) is 0 Å². The Bertz CT molecular complexity index is 631. The third-order valence-corrected chi connectivity index (χ3v) is 4.97. The van der Waals surface area contributed by atoms with E-state index < -0.39 is 5.79 Å². The molecule has 3 rings (SSSR count). The summed E-state index contributed by atoms with van der Waals surface area (Å²) >= 11 is 0. The van der Waals surface area contributed by atoms with Crippen LogP contribution in [-0.4, -0.2) is 38.8 Å². The summed E-state index contributed by atoms with van der Waals surface area (Å²) in [6.07, 6.45) is 2.03. The number of hydrogen-bond donors (Lipinski definition) is 0. The number of ether oxygens (including phenoxy) is 4. The highest BCUT2D eigenvalue weighted by molar-refractivity contribution is 5.83. The first kappa shape index (κ1) is 18.4. The number of rotatable bonds is 6. The van der Waals surface area contributed by atoms with Crippen molar-refractivity contribution in [3.8, 4) is 5.75 Å². The molecule has 0 aromatic heterocycles. The first-order chi connectivity index (χ1) is 11.9. The Morgan fingerprint density at radius 1 is 1.32 bits per heavy atom. The van der Waals surface area contributed by atoms with Crippen LogP contribution >= 0.6 is 0 Å². The van der Waals surface area contributed by atoms with Crippen LogP contribution in [0.3, 0.4) is 0 Å². The third kappa shape index (κ3) is 3.73. The van der Waals surface area contributed by atoms with Crippen LogP contribution in [0.25, 0.3) is 0 Å². The summed E-state index contributed by atoms with van der Waals surface area (Å²) in [7, 11) is 1.67. The van der Waals surface area contributed by atoms with Crippen molar-refractivity contribution >= 4 is 5.78 Å². The van der Waals surface area contributed by atoms with Gasteiger partial charge in [-0.3, -0.25) is 4.79 Å². The zero-order chi connectivity index (χ0) is 18.0. The van der Waals surface area contributed by atoms with E-state index >= 15 is 0 Å². The smallest absolute Gasteiger partial charge is 0.195 e. The summed E-state index contributed by atoms with van der Waals surface area (Å²) in [5.74, 6) is 0.266. The second-order valence-corrected chi connectivity index (χ2v) is 7.27. The minimum absolute atomic E-state index is 0.0231. The molecule has 2 aliphatic rings. The molecule has 1 atom stereocenters. The zero-order valence-electron chi connectivity index (χ0n) is 15.6. The normalized spacial score (nSPS) is 21.9. The number of hydrogen-bond acceptors (Lipinski definition) is 5. The van der Waals surface area contributed by atoms with Crippen LogP contribution in [-0.2, 0) is 37.6 Å². The van der Waals surface area contributed by atoms with E-state index in [0.29, 0.717) is 26.2 Å². The number of ketones is 1. The summed E-state index contributed by atoms with van der Waals surface area (Å²) in [6.45, 7) is 7.66. The number of carbonyl (C=O) groups is 1. The molecule has 0 radical (unpaired) electrons. The van der Waals surface area contributed by atoms with Crippen molar-refractivity contribution in [2.75, 3.05) is 26.9 Å². The number of carbonyl (C=O) groups excluding carboxylic acids is 1. The van der Waals surface area contributed by atoms with Crippen molar-refractivity contribution in [3.05, 3.63) is 28.8 Å². The van der Waals surface area contributed by atoms with Crippen LogP contribution in [0.5, 0.6) is 5.75 Å². The number of Topliss-reactive ketones (excluding diaryl/α,β-unsaturated/α-hetero) is 1. The van der Waals surface area contributed by atoms with E-state index in [0.717, 1.165) is 35.3 Å². The fraction of sp³-hybridized carbons (Fsp3) is 0.650. The molecular weight excluding hydrogens is 320 g/mol. The molecule has 1 aromatic carbocycles. The molecule has 0 bridgehead atoms. The fourth-order valence-corrected chi connectivity index (χ4v) is 3.45. The molecule has 5 heteroatoms. The Morgan fingerprint density at radius 2 is 2.04 bits per heavy atom. The average Bonchev–Trinajstić information content (AvgIpc) is 2.99. The molecule has 1 aromatic rings. The van der Waals surface area contributed by atoms with Crippen LogP contribution in [0.15, 0.2) is 12.1 Å². The predicted octanol–water partition coefficient (Wildman–Crippen LogP) is 3.01. The summed E-state index contributed by atoms with van der Waals surface area (Å²) in [5, 5.41) is 0. The third-order valence-electron chi connectivity index (χ3n) is 4.97. The van der Waals surface area contributed by atoms with E-state index in [-0.39, 0.29) is 17.8 Å². The summed E-state index contributed by atoms with van der Waals surface area (Å²) in [4.78, 5) is 12.3. The Kier molecular flexibility index (Phi) is 5.46. The van der Waals surface area contributed by atoms with Gasteiger partial charge in [0.1, 0.15) is 17.6 Å². The molecule has 1 fully saturated rings. The van der Waals surface area contributed by atoms with Crippen LogP contribution in [0, 0.1) is 5.92 Å². The van der Waals surface area contributed by atoms with Gasteiger partial charge in [0.15, 0.2) is 5.79 Å². The molecular formula is C20H28O5. The van der Waals surface area contributed by atoms with Crippen molar-refractivity contribution in [1.82, 2.24) is 0 Å². The molecule has 138 valence electrons. The summed E-state index contributed by atoms with van der Waals surface area (Å²) in [6, 6.07) is 4.02. The monoisotopic (exact) mass is 348 g/mol. The van der Waals surface area contributed by atoms with Crippen molar-refractivity contribution in [3.63, 3.8) is 0 Å². The second-order valence-electron chi connectivity index (χ2n) is 7.27. The molecule has 25 heavy (non-hydrogen) atoms. The maximum Gasteiger partial charge on any atom is 0.195 e. The van der Waals surface area contributed by atoms with Crippen molar-refractivity contribution in [2.24, 2.45) is 5.92 Å². The number of fused-ring (bicyclic) bond motifs is 1. The summed E-state index contributed by atoms with van der Waals surface area (Å²) in [5.41, 5.74) is 3.03. The highest BCUT2D eigenvalue weighted by atomic mass is 16.7. The van der Waals surface area contributed by atoms with Gasteiger partial charge in [-0.25, -0.2) is 0 Å². The largest absolute Gasteiger partial charge is 0.487 e. The lowest BCUT2D eigenvalue weighted by molar-refractivity contribution is -0.265. The fourth-order valence-electron chi connectivity index (χ4n) is 3.45. The molecule has 0 N–H and O–H groups in total. The van der Waals surface area contributed by atoms with Crippen LogP contribution in [0.2, 0.25) is 0 Å². The van der Waals surface area contributed by atoms with E-state index in [1.54, 1.807) is 7.11 Å². The second kappa shape index (κ2) is 7.44. The average molecular weight is 348 g/mol. The van der Waals surface area contributed by atoms with Gasteiger partial charge in [-0.05, 0) is 25.0 Å². The molecule has 0 aliphatic carbocycles. The molecule has 0 amide bonds. The number of methoxy groups -OCH3 is 1. The van der Waals surface area contributed by atoms with E-state index in [4.69, 9.17) is 18.9 Å². The van der Waals surface area contributed by atoms with Crippen molar-refractivity contribution < 1.29 is 23.7 Å². The summed E-state index contributed by atoms with van der Waals surface area (Å²) < 4.78 is 23.3. The number of benzene rings is 1. The van der Waals surface area contributed by atoms with Gasteiger partial charge < -0.3 is 18.9 Å². The minimum Gasteiger partial charge on any atom is -0.487 e. The van der Waals surface area contributed by atoms with Crippen molar-refractivity contribution in [2.45, 2.75) is 51.9 Å². The molecule has 2 aliphatic heterocycles. The van der Waals surface area contributed by atoms with E-state index in [9.17, 15) is 4.79 Å². The lowest BCUT2D eigenvalue weighted by Gasteiger charge is -2.35. The maximum absolute atomic E-state index is 12.3. The molecule has 5 nitrogen and oxygen atoms in total. The standard InChI is InChI=1S/C20H28O5/c1-13(2)18(21)10-14-6-7-17(20(3)23-8-5-9-24-20)19-16(14)11-15(25-19)12-22-4/h6-7,13,15H,5,8-12H2,1-4H3. The molecule has 0 saturated carbocycles. The SMILES string of the molecule is COCC1Cc2c(CC(=O)C(C)C)ccc(C3(C)OCCCO3)c2O1. The van der Waals surface area contributed by atoms with Crippen molar-refractivity contribution in [1.29, 1.82) is 0 Å².